The second-order valence-corrected chi connectivity index (χ2v) is 3.79. The van der Waals surface area contributed by atoms with E-state index < -0.39 is 0 Å². The van der Waals surface area contributed by atoms with Gasteiger partial charge in [-0.25, -0.2) is 0 Å². The van der Waals surface area contributed by atoms with Crippen LogP contribution in [0.25, 0.3) is 10.9 Å². The molecule has 0 fully saturated rings. The van der Waals surface area contributed by atoms with Crippen molar-refractivity contribution in [2.24, 2.45) is 0 Å². The highest BCUT2D eigenvalue weighted by Crippen LogP contribution is 2.29. The Morgan fingerprint density at radius 3 is 2.94 bits per heavy atom. The van der Waals surface area contributed by atoms with Crippen molar-refractivity contribution in [1.82, 2.24) is 4.98 Å². The monoisotopic (exact) mass is 217 g/mol. The van der Waals surface area contributed by atoms with E-state index in [-0.39, 0.29) is 5.78 Å². The number of carbonyl (C=O) groups excluding carboxylic acids is 1. The minimum Gasteiger partial charge on any atom is -0.493 e. The first-order valence-corrected chi connectivity index (χ1v) is 5.48. The summed E-state index contributed by atoms with van der Waals surface area (Å²) in [4.78, 5) is 14.6. The van der Waals surface area contributed by atoms with Gasteiger partial charge in [0.05, 0.1) is 12.0 Å². The lowest BCUT2D eigenvalue weighted by molar-refractivity contribution is 0.101. The first kappa shape index (κ1) is 10.7. The molecule has 3 heteroatoms. The lowest BCUT2D eigenvalue weighted by Crippen LogP contribution is -1.97. The fraction of sp³-hybridized carbons (Fsp3) is 0.308. The molecule has 0 aliphatic carbocycles. The van der Waals surface area contributed by atoms with Crippen LogP contribution in [0.5, 0.6) is 5.75 Å². The van der Waals surface area contributed by atoms with Crippen molar-refractivity contribution in [2.75, 3.05) is 6.61 Å². The summed E-state index contributed by atoms with van der Waals surface area (Å²) >= 11 is 0. The summed E-state index contributed by atoms with van der Waals surface area (Å²) in [6, 6.07) is 5.77. The number of benzene rings is 1. The summed E-state index contributed by atoms with van der Waals surface area (Å²) in [5.74, 6) is 0.838. The Balaban J connectivity index is 2.54. The van der Waals surface area contributed by atoms with Gasteiger partial charge in [0.15, 0.2) is 5.78 Å². The van der Waals surface area contributed by atoms with Crippen LogP contribution in [0.15, 0.2) is 24.4 Å². The number of aromatic nitrogens is 1. The van der Waals surface area contributed by atoms with Crippen molar-refractivity contribution < 1.29 is 9.53 Å². The molecular formula is C13H15NO2. The molecule has 0 aliphatic rings. The molecule has 16 heavy (non-hydrogen) atoms. The maximum atomic E-state index is 11.5. The van der Waals surface area contributed by atoms with Crippen molar-refractivity contribution >= 4 is 16.7 Å². The summed E-state index contributed by atoms with van der Waals surface area (Å²) in [6.07, 6.45) is 2.70. The maximum absolute atomic E-state index is 11.5. The summed E-state index contributed by atoms with van der Waals surface area (Å²) in [7, 11) is 0. The van der Waals surface area contributed by atoms with E-state index >= 15 is 0 Å². The molecule has 0 atom stereocenters. The number of hydrogen-bond donors (Lipinski definition) is 1. The van der Waals surface area contributed by atoms with Crippen LogP contribution in [0.3, 0.4) is 0 Å². The number of fused-ring (bicyclic) bond motifs is 1. The van der Waals surface area contributed by atoms with Gasteiger partial charge in [-0.05, 0) is 25.5 Å². The zero-order chi connectivity index (χ0) is 11.5. The van der Waals surface area contributed by atoms with Crippen LogP contribution < -0.4 is 4.74 Å². The Hall–Kier alpha value is -1.77. The number of carbonyl (C=O) groups is 1. The smallest absolute Gasteiger partial charge is 0.162 e. The van der Waals surface area contributed by atoms with Gasteiger partial charge in [0.25, 0.3) is 0 Å². The molecule has 1 aromatic carbocycles. The van der Waals surface area contributed by atoms with Crippen LogP contribution in [0.1, 0.15) is 30.6 Å². The number of nitrogens with one attached hydrogen (secondary N) is 1. The molecule has 1 N–H and O–H groups in total. The number of ketones is 1. The highest BCUT2D eigenvalue weighted by Gasteiger charge is 2.12. The highest BCUT2D eigenvalue weighted by atomic mass is 16.5. The molecule has 0 unspecified atom stereocenters. The second kappa shape index (κ2) is 4.39. The minimum absolute atomic E-state index is 0.0544. The van der Waals surface area contributed by atoms with Crippen molar-refractivity contribution in [3.05, 3.63) is 30.0 Å². The predicted molar refractivity (Wildman–Crippen MR) is 64.1 cm³/mol. The van der Waals surface area contributed by atoms with Crippen LogP contribution in [0.2, 0.25) is 0 Å². The quantitative estimate of drug-likeness (QED) is 0.799. The van der Waals surface area contributed by atoms with Crippen LogP contribution in [0, 0.1) is 0 Å². The number of Topliss-reactive ketones (excluding diaryl/α,β-unsaturated/α-hetero) is 1. The van der Waals surface area contributed by atoms with Gasteiger partial charge in [0, 0.05) is 17.3 Å². The standard InChI is InChI=1S/C13H15NO2/c1-3-7-16-12-6-4-5-11-13(12)10(8-14-11)9(2)15/h4-6,8,14H,3,7H2,1-2H3. The SMILES string of the molecule is CCCOc1cccc2[nH]cc(C(C)=O)c12. The molecular weight excluding hydrogens is 202 g/mol. The number of H-pyrrole nitrogens is 1. The van der Waals surface area contributed by atoms with E-state index in [2.05, 4.69) is 11.9 Å². The van der Waals surface area contributed by atoms with Crippen LogP contribution in [0.4, 0.5) is 0 Å². The van der Waals surface area contributed by atoms with Crippen molar-refractivity contribution in [1.29, 1.82) is 0 Å². The fourth-order valence-corrected chi connectivity index (χ4v) is 1.76. The van der Waals surface area contributed by atoms with Gasteiger partial charge in [-0.3, -0.25) is 4.79 Å². The summed E-state index contributed by atoms with van der Waals surface area (Å²) < 4.78 is 5.65. The zero-order valence-electron chi connectivity index (χ0n) is 9.54. The van der Waals surface area contributed by atoms with Crippen molar-refractivity contribution in [3.8, 4) is 5.75 Å². The van der Waals surface area contributed by atoms with Gasteiger partial charge in [0.1, 0.15) is 5.75 Å². The summed E-state index contributed by atoms with van der Waals surface area (Å²) in [6.45, 7) is 4.30. The molecule has 84 valence electrons. The lowest BCUT2D eigenvalue weighted by atomic mass is 10.1. The van der Waals surface area contributed by atoms with Crippen molar-refractivity contribution in [3.63, 3.8) is 0 Å². The maximum Gasteiger partial charge on any atom is 0.162 e. The first-order valence-electron chi connectivity index (χ1n) is 5.48. The van der Waals surface area contributed by atoms with Gasteiger partial charge < -0.3 is 9.72 Å². The van der Waals surface area contributed by atoms with Crippen LogP contribution >= 0.6 is 0 Å². The number of ether oxygens (including phenoxy) is 1. The van der Waals surface area contributed by atoms with Crippen LogP contribution in [-0.2, 0) is 0 Å². The van der Waals surface area contributed by atoms with Crippen molar-refractivity contribution in [2.45, 2.75) is 20.3 Å². The third-order valence-electron chi connectivity index (χ3n) is 2.51. The Morgan fingerprint density at radius 2 is 2.25 bits per heavy atom. The van der Waals surface area contributed by atoms with E-state index in [9.17, 15) is 4.79 Å². The average molecular weight is 217 g/mol. The third kappa shape index (κ3) is 1.81. The molecule has 1 heterocycles. The number of hydrogen-bond acceptors (Lipinski definition) is 2. The normalized spacial score (nSPS) is 10.6. The Morgan fingerprint density at radius 1 is 1.44 bits per heavy atom. The van der Waals surface area contributed by atoms with E-state index in [4.69, 9.17) is 4.74 Å². The molecule has 0 amide bonds. The van der Waals surface area contributed by atoms with Gasteiger partial charge in [-0.2, -0.15) is 0 Å². The van der Waals surface area contributed by atoms with E-state index in [1.54, 1.807) is 13.1 Å². The summed E-state index contributed by atoms with van der Waals surface area (Å²) in [5, 5.41) is 0.892. The molecule has 0 bridgehead atoms. The Kier molecular flexibility index (Phi) is 2.95. The Bertz CT molecular complexity index is 514. The van der Waals surface area contributed by atoms with E-state index in [1.807, 2.05) is 18.2 Å². The molecule has 2 rings (SSSR count). The predicted octanol–water partition coefficient (Wildman–Crippen LogP) is 3.16. The van der Waals surface area contributed by atoms with Gasteiger partial charge in [-0.15, -0.1) is 0 Å². The number of aromatic amines is 1. The molecule has 1 aromatic heterocycles. The fourth-order valence-electron chi connectivity index (χ4n) is 1.76. The number of rotatable bonds is 4. The molecule has 0 aliphatic heterocycles. The molecule has 3 nitrogen and oxygen atoms in total. The minimum atomic E-state index is 0.0544. The molecule has 0 saturated heterocycles. The van der Waals surface area contributed by atoms with E-state index in [0.29, 0.717) is 12.2 Å². The Labute approximate surface area is 94.4 Å². The molecule has 0 spiro atoms. The largest absolute Gasteiger partial charge is 0.493 e. The third-order valence-corrected chi connectivity index (χ3v) is 2.51. The lowest BCUT2D eigenvalue weighted by Gasteiger charge is -2.06. The average Bonchev–Trinajstić information content (AvgIpc) is 2.70. The van der Waals surface area contributed by atoms with Crippen LogP contribution in [-0.4, -0.2) is 17.4 Å². The second-order valence-electron chi connectivity index (χ2n) is 3.79. The van der Waals surface area contributed by atoms with Gasteiger partial charge in [0.2, 0.25) is 0 Å². The van der Waals surface area contributed by atoms with E-state index in [1.165, 1.54) is 0 Å². The zero-order valence-corrected chi connectivity index (χ0v) is 9.54. The van der Waals surface area contributed by atoms with E-state index in [0.717, 1.165) is 23.1 Å². The van der Waals surface area contributed by atoms with Gasteiger partial charge >= 0.3 is 0 Å². The molecule has 0 saturated carbocycles. The van der Waals surface area contributed by atoms with Gasteiger partial charge in [-0.1, -0.05) is 13.0 Å². The summed E-state index contributed by atoms with van der Waals surface area (Å²) in [5.41, 5.74) is 1.64. The topological polar surface area (TPSA) is 42.1 Å². The highest BCUT2D eigenvalue weighted by molar-refractivity contribution is 6.08. The molecule has 0 radical (unpaired) electrons. The first-order chi connectivity index (χ1) is 7.74. The molecule has 2 aromatic rings.